The number of amides is 1. The number of nitrogens with zero attached hydrogens (tertiary/aromatic N) is 1. The summed E-state index contributed by atoms with van der Waals surface area (Å²) >= 11 is 0. The highest BCUT2D eigenvalue weighted by molar-refractivity contribution is 5.79. The summed E-state index contributed by atoms with van der Waals surface area (Å²) < 4.78 is 0. The molecule has 0 saturated heterocycles. The van der Waals surface area contributed by atoms with Gasteiger partial charge in [-0.3, -0.25) is 4.79 Å². The lowest BCUT2D eigenvalue weighted by Gasteiger charge is -2.27. The molecule has 16 heavy (non-hydrogen) atoms. The summed E-state index contributed by atoms with van der Waals surface area (Å²) in [6, 6.07) is 0. The van der Waals surface area contributed by atoms with Gasteiger partial charge in [0.2, 0.25) is 5.91 Å². The minimum Gasteiger partial charge on any atom is -0.339 e. The van der Waals surface area contributed by atoms with Crippen LogP contribution in [0.25, 0.3) is 0 Å². The van der Waals surface area contributed by atoms with Gasteiger partial charge in [-0.25, -0.2) is 0 Å². The smallest absolute Gasteiger partial charge is 0.226 e. The van der Waals surface area contributed by atoms with Crippen molar-refractivity contribution in [2.24, 2.45) is 17.6 Å². The summed E-state index contributed by atoms with van der Waals surface area (Å²) in [4.78, 5) is 14.2. The Morgan fingerprint density at radius 2 is 2.19 bits per heavy atom. The number of rotatable bonds is 5. The predicted molar refractivity (Wildman–Crippen MR) is 67.0 cm³/mol. The number of carbonyl (C=O) groups is 1. The lowest BCUT2D eigenvalue weighted by Crippen LogP contribution is -2.39. The van der Waals surface area contributed by atoms with Gasteiger partial charge in [-0.15, -0.1) is 0 Å². The summed E-state index contributed by atoms with van der Waals surface area (Å²) in [5.41, 5.74) is 6.76. The van der Waals surface area contributed by atoms with Crippen molar-refractivity contribution >= 4 is 5.91 Å². The Morgan fingerprint density at radius 3 is 2.69 bits per heavy atom. The van der Waals surface area contributed by atoms with Crippen LogP contribution in [0.4, 0.5) is 0 Å². The third-order valence-corrected chi connectivity index (χ3v) is 3.43. The summed E-state index contributed by atoms with van der Waals surface area (Å²) in [6.07, 6.45) is 3.26. The molecule has 92 valence electrons. The molecule has 0 radical (unpaired) electrons. The number of nitrogens with two attached hydrogens (primary N) is 1. The Morgan fingerprint density at radius 1 is 1.50 bits per heavy atom. The van der Waals surface area contributed by atoms with E-state index in [1.54, 1.807) is 0 Å². The molecule has 1 amide bonds. The van der Waals surface area contributed by atoms with E-state index < -0.39 is 0 Å². The Hall–Kier alpha value is -0.830. The monoisotopic (exact) mass is 224 g/mol. The molecule has 0 aromatic rings. The zero-order chi connectivity index (χ0) is 12.1. The van der Waals surface area contributed by atoms with E-state index in [4.69, 9.17) is 5.73 Å². The van der Waals surface area contributed by atoms with Crippen molar-refractivity contribution in [3.8, 4) is 0 Å². The molecule has 0 bridgehead atoms. The van der Waals surface area contributed by atoms with Crippen LogP contribution in [0.2, 0.25) is 0 Å². The molecule has 3 nitrogen and oxygen atoms in total. The highest BCUT2D eigenvalue weighted by Crippen LogP contribution is 2.32. The van der Waals surface area contributed by atoms with Crippen LogP contribution in [-0.4, -0.2) is 30.4 Å². The molecule has 0 spiro atoms. The van der Waals surface area contributed by atoms with E-state index in [1.165, 1.54) is 0 Å². The molecule has 1 aliphatic rings. The minimum absolute atomic E-state index is 0.157. The van der Waals surface area contributed by atoms with Crippen LogP contribution in [0, 0.1) is 11.8 Å². The summed E-state index contributed by atoms with van der Waals surface area (Å²) in [5, 5.41) is 0. The Bertz CT molecular complexity index is 263. The maximum atomic E-state index is 12.3. The molecule has 2 N–H and O–H groups in total. The van der Waals surface area contributed by atoms with Crippen LogP contribution >= 0.6 is 0 Å². The lowest BCUT2D eigenvalue weighted by atomic mass is 9.94. The van der Waals surface area contributed by atoms with Crippen LogP contribution < -0.4 is 5.73 Å². The van der Waals surface area contributed by atoms with Gasteiger partial charge >= 0.3 is 0 Å². The highest BCUT2D eigenvalue weighted by atomic mass is 16.2. The first kappa shape index (κ1) is 13.2. The van der Waals surface area contributed by atoms with Crippen molar-refractivity contribution in [3.05, 3.63) is 12.2 Å². The van der Waals surface area contributed by atoms with Gasteiger partial charge in [0.1, 0.15) is 0 Å². The van der Waals surface area contributed by atoms with E-state index in [-0.39, 0.29) is 11.8 Å². The SMILES string of the molecule is C=C(C)CN(CC)C(=O)C1CCCC1CN. The Labute approximate surface area is 98.7 Å². The predicted octanol–water partition coefficient (Wildman–Crippen LogP) is 1.79. The average molecular weight is 224 g/mol. The van der Waals surface area contributed by atoms with Gasteiger partial charge in [0.25, 0.3) is 0 Å². The third kappa shape index (κ3) is 3.08. The molecule has 0 aromatic heterocycles. The third-order valence-electron chi connectivity index (χ3n) is 3.43. The highest BCUT2D eigenvalue weighted by Gasteiger charge is 2.34. The molecule has 0 heterocycles. The standard InChI is InChI=1S/C13H24N2O/c1-4-15(9-10(2)3)13(16)12-7-5-6-11(12)8-14/h11-12H,2,4-9,14H2,1,3H3. The molecule has 2 atom stereocenters. The second-order valence-electron chi connectivity index (χ2n) is 4.84. The fourth-order valence-electron chi connectivity index (χ4n) is 2.55. The fourth-order valence-corrected chi connectivity index (χ4v) is 2.55. The first-order valence-corrected chi connectivity index (χ1v) is 6.23. The molecule has 3 heteroatoms. The Balaban J connectivity index is 2.63. The van der Waals surface area contributed by atoms with Gasteiger partial charge in [0.15, 0.2) is 0 Å². The molecule has 1 aliphatic carbocycles. The molecule has 0 aliphatic heterocycles. The van der Waals surface area contributed by atoms with Crippen molar-refractivity contribution in [2.75, 3.05) is 19.6 Å². The molecule has 1 rings (SSSR count). The fraction of sp³-hybridized carbons (Fsp3) is 0.769. The van der Waals surface area contributed by atoms with Gasteiger partial charge in [-0.05, 0) is 39.2 Å². The number of hydrogen-bond acceptors (Lipinski definition) is 2. The maximum absolute atomic E-state index is 12.3. The maximum Gasteiger partial charge on any atom is 0.226 e. The summed E-state index contributed by atoms with van der Waals surface area (Å²) in [6.45, 7) is 9.94. The van der Waals surface area contributed by atoms with Crippen molar-refractivity contribution in [3.63, 3.8) is 0 Å². The molecule has 0 aromatic carbocycles. The largest absolute Gasteiger partial charge is 0.339 e. The van der Waals surface area contributed by atoms with Crippen molar-refractivity contribution in [1.29, 1.82) is 0 Å². The Kier molecular flexibility index (Phi) is 5.00. The van der Waals surface area contributed by atoms with Gasteiger partial charge in [0.05, 0.1) is 0 Å². The van der Waals surface area contributed by atoms with Gasteiger partial charge in [0, 0.05) is 19.0 Å². The van der Waals surface area contributed by atoms with Crippen LogP contribution in [0.1, 0.15) is 33.1 Å². The van der Waals surface area contributed by atoms with Gasteiger partial charge < -0.3 is 10.6 Å². The van der Waals surface area contributed by atoms with Crippen LogP contribution in [-0.2, 0) is 4.79 Å². The van der Waals surface area contributed by atoms with Crippen LogP contribution in [0.3, 0.4) is 0 Å². The molecular formula is C13H24N2O. The zero-order valence-corrected chi connectivity index (χ0v) is 10.5. The van der Waals surface area contributed by atoms with E-state index in [1.807, 2.05) is 18.7 Å². The minimum atomic E-state index is 0.157. The normalized spacial score (nSPS) is 24.4. The first-order valence-electron chi connectivity index (χ1n) is 6.23. The van der Waals surface area contributed by atoms with Crippen molar-refractivity contribution < 1.29 is 4.79 Å². The first-order chi connectivity index (χ1) is 7.60. The molecule has 1 fully saturated rings. The number of likely N-dealkylation sites (N-methyl/N-ethyl adjacent to an activating group) is 1. The average Bonchev–Trinajstić information content (AvgIpc) is 2.72. The van der Waals surface area contributed by atoms with Gasteiger partial charge in [-0.1, -0.05) is 18.6 Å². The molecule has 2 unspecified atom stereocenters. The van der Waals surface area contributed by atoms with E-state index in [0.29, 0.717) is 19.0 Å². The zero-order valence-electron chi connectivity index (χ0n) is 10.5. The van der Waals surface area contributed by atoms with Crippen LogP contribution in [0.15, 0.2) is 12.2 Å². The van der Waals surface area contributed by atoms with Gasteiger partial charge in [-0.2, -0.15) is 0 Å². The second-order valence-corrected chi connectivity index (χ2v) is 4.84. The summed E-state index contributed by atoms with van der Waals surface area (Å²) in [5.74, 6) is 0.828. The lowest BCUT2D eigenvalue weighted by molar-refractivity contribution is -0.136. The van der Waals surface area contributed by atoms with E-state index >= 15 is 0 Å². The van der Waals surface area contributed by atoms with Crippen molar-refractivity contribution in [2.45, 2.75) is 33.1 Å². The summed E-state index contributed by atoms with van der Waals surface area (Å²) in [7, 11) is 0. The number of hydrogen-bond donors (Lipinski definition) is 1. The number of carbonyl (C=O) groups excluding carboxylic acids is 1. The van der Waals surface area contributed by atoms with E-state index in [9.17, 15) is 4.79 Å². The molecular weight excluding hydrogens is 200 g/mol. The van der Waals surface area contributed by atoms with Crippen LogP contribution in [0.5, 0.6) is 0 Å². The van der Waals surface area contributed by atoms with Crippen molar-refractivity contribution in [1.82, 2.24) is 4.90 Å². The van der Waals surface area contributed by atoms with E-state index in [0.717, 1.165) is 31.4 Å². The topological polar surface area (TPSA) is 46.3 Å². The molecule has 1 saturated carbocycles. The van der Waals surface area contributed by atoms with E-state index in [2.05, 4.69) is 6.58 Å². The second kappa shape index (κ2) is 6.04. The quantitative estimate of drug-likeness (QED) is 0.724.